The van der Waals surface area contributed by atoms with E-state index in [1.54, 1.807) is 29.2 Å². The average molecular weight is 628 g/mol. The summed E-state index contributed by atoms with van der Waals surface area (Å²) in [5, 5.41) is 5.77. The van der Waals surface area contributed by atoms with Gasteiger partial charge in [-0.15, -0.1) is 0 Å². The quantitative estimate of drug-likeness (QED) is 0.379. The molecule has 3 aromatic rings. The van der Waals surface area contributed by atoms with Crippen LogP contribution < -0.4 is 10.6 Å². The van der Waals surface area contributed by atoms with E-state index in [1.807, 2.05) is 58.9 Å². The number of carbonyl (C=O) groups excluding carboxylic acids is 2. The Labute approximate surface area is 244 Å². The van der Waals surface area contributed by atoms with Crippen molar-refractivity contribution in [2.45, 2.75) is 46.1 Å². The van der Waals surface area contributed by atoms with Crippen LogP contribution in [0.4, 0.5) is 10.5 Å². The number of amides is 3. The second-order valence-corrected chi connectivity index (χ2v) is 13.0. The van der Waals surface area contributed by atoms with Crippen LogP contribution in [0.25, 0.3) is 0 Å². The molecular weight excluding hydrogens is 592 g/mol. The van der Waals surface area contributed by atoms with Crippen molar-refractivity contribution in [2.75, 3.05) is 31.5 Å². The molecule has 1 heterocycles. The summed E-state index contributed by atoms with van der Waals surface area (Å²) in [4.78, 5) is 27.2. The lowest BCUT2D eigenvalue weighted by Crippen LogP contribution is -2.51. The van der Waals surface area contributed by atoms with Crippen molar-refractivity contribution >= 4 is 43.6 Å². The van der Waals surface area contributed by atoms with Gasteiger partial charge in [0.25, 0.3) is 5.91 Å². The summed E-state index contributed by atoms with van der Waals surface area (Å²) >= 11 is 3.36. The van der Waals surface area contributed by atoms with Crippen LogP contribution >= 0.6 is 15.9 Å². The van der Waals surface area contributed by atoms with Gasteiger partial charge < -0.3 is 15.5 Å². The first-order valence-electron chi connectivity index (χ1n) is 13.2. The summed E-state index contributed by atoms with van der Waals surface area (Å²) in [6.07, 6.45) is 0. The van der Waals surface area contributed by atoms with E-state index in [2.05, 4.69) is 26.6 Å². The van der Waals surface area contributed by atoms with Crippen molar-refractivity contribution in [3.8, 4) is 0 Å². The molecule has 0 spiro atoms. The van der Waals surface area contributed by atoms with E-state index in [0.29, 0.717) is 35.8 Å². The van der Waals surface area contributed by atoms with E-state index in [-0.39, 0.29) is 25.0 Å². The van der Waals surface area contributed by atoms with E-state index in [0.717, 1.165) is 37.9 Å². The van der Waals surface area contributed by atoms with Crippen molar-refractivity contribution in [2.24, 2.45) is 0 Å². The molecule has 40 heavy (non-hydrogen) atoms. The van der Waals surface area contributed by atoms with Gasteiger partial charge in [0.2, 0.25) is 10.0 Å². The lowest BCUT2D eigenvalue weighted by atomic mass is 9.95. The average Bonchev–Trinajstić information content (AvgIpc) is 2.95. The molecule has 0 atom stereocenters. The maximum atomic E-state index is 13.6. The Hall–Kier alpha value is -3.21. The van der Waals surface area contributed by atoms with Crippen molar-refractivity contribution in [3.63, 3.8) is 0 Å². The first-order chi connectivity index (χ1) is 18.9. The number of anilines is 1. The molecule has 8 nitrogen and oxygen atoms in total. The first kappa shape index (κ1) is 29.8. The molecule has 0 bridgehead atoms. The number of hydrogen-bond donors (Lipinski definition) is 2. The minimum atomic E-state index is -3.69. The molecule has 0 unspecified atom stereocenters. The molecule has 2 N–H and O–H groups in total. The number of piperazine rings is 1. The van der Waals surface area contributed by atoms with Crippen LogP contribution in [0.1, 0.15) is 43.7 Å². The Bertz CT molecular complexity index is 1500. The maximum Gasteiger partial charge on any atom is 0.321 e. The maximum absolute atomic E-state index is 13.6. The fourth-order valence-corrected chi connectivity index (χ4v) is 7.15. The number of nitrogens with one attached hydrogen (secondary N) is 2. The topological polar surface area (TPSA) is 98.8 Å². The number of carbonyl (C=O) groups is 2. The fourth-order valence-electron chi connectivity index (χ4n) is 4.91. The van der Waals surface area contributed by atoms with Gasteiger partial charge in [0, 0.05) is 48.4 Å². The van der Waals surface area contributed by atoms with Crippen LogP contribution in [0, 0.1) is 34.6 Å². The second-order valence-electron chi connectivity index (χ2n) is 10.2. The number of nitrogens with zero attached hydrogens (tertiary/aromatic N) is 2. The molecule has 4 rings (SSSR count). The highest BCUT2D eigenvalue weighted by molar-refractivity contribution is 9.10. The van der Waals surface area contributed by atoms with Crippen LogP contribution in [0.5, 0.6) is 0 Å². The summed E-state index contributed by atoms with van der Waals surface area (Å²) in [6.45, 7) is 11.1. The molecule has 212 valence electrons. The Kier molecular flexibility index (Phi) is 9.02. The molecule has 0 aromatic heterocycles. The third-order valence-corrected chi connectivity index (χ3v) is 10.5. The number of benzene rings is 3. The normalized spacial score (nSPS) is 14.2. The first-order valence-corrected chi connectivity index (χ1v) is 15.4. The lowest BCUT2D eigenvalue weighted by Gasteiger charge is -2.35. The summed E-state index contributed by atoms with van der Waals surface area (Å²) in [5.41, 5.74) is 6.79. The van der Waals surface area contributed by atoms with Gasteiger partial charge in [0.15, 0.2) is 0 Å². The summed E-state index contributed by atoms with van der Waals surface area (Å²) in [7, 11) is -3.69. The molecule has 0 aliphatic carbocycles. The monoisotopic (exact) mass is 626 g/mol. The van der Waals surface area contributed by atoms with Crippen molar-refractivity contribution in [3.05, 3.63) is 91.9 Å². The molecule has 1 aliphatic rings. The predicted molar refractivity (Wildman–Crippen MR) is 161 cm³/mol. The summed E-state index contributed by atoms with van der Waals surface area (Å²) in [5.74, 6) is -0.163. The summed E-state index contributed by atoms with van der Waals surface area (Å²) in [6, 6.07) is 14.1. The number of urea groups is 1. The fraction of sp³-hybridized carbons (Fsp3) is 0.333. The van der Waals surface area contributed by atoms with E-state index in [4.69, 9.17) is 0 Å². The van der Waals surface area contributed by atoms with Crippen LogP contribution in [0.2, 0.25) is 0 Å². The van der Waals surface area contributed by atoms with Crippen LogP contribution in [0.3, 0.4) is 0 Å². The number of hydrogen-bond acceptors (Lipinski definition) is 4. The molecule has 1 aliphatic heterocycles. The highest BCUT2D eigenvalue weighted by Crippen LogP contribution is 2.32. The third kappa shape index (κ3) is 6.24. The van der Waals surface area contributed by atoms with E-state index in [1.165, 1.54) is 4.31 Å². The van der Waals surface area contributed by atoms with Gasteiger partial charge in [-0.3, -0.25) is 4.79 Å². The molecule has 3 aromatic carbocycles. The van der Waals surface area contributed by atoms with Crippen LogP contribution in [0.15, 0.2) is 57.9 Å². The smallest absolute Gasteiger partial charge is 0.321 e. The largest absolute Gasteiger partial charge is 0.348 e. The highest BCUT2D eigenvalue weighted by Gasteiger charge is 2.33. The van der Waals surface area contributed by atoms with Crippen LogP contribution in [-0.4, -0.2) is 55.7 Å². The Balaban J connectivity index is 1.32. The molecule has 0 radical (unpaired) electrons. The highest BCUT2D eigenvalue weighted by atomic mass is 79.9. The molecule has 1 saturated heterocycles. The number of rotatable bonds is 6. The zero-order valence-corrected chi connectivity index (χ0v) is 25.9. The Morgan fingerprint density at radius 2 is 1.30 bits per heavy atom. The molecule has 3 amide bonds. The van der Waals surface area contributed by atoms with E-state index < -0.39 is 10.0 Å². The predicted octanol–water partition coefficient (Wildman–Crippen LogP) is 5.46. The van der Waals surface area contributed by atoms with Crippen LogP contribution in [-0.2, 0) is 16.6 Å². The summed E-state index contributed by atoms with van der Waals surface area (Å²) < 4.78 is 29.6. The lowest BCUT2D eigenvalue weighted by molar-refractivity contribution is 0.0951. The standard InChI is InChI=1S/C30H35BrN4O4S/c1-19-20(2)22(4)28(23(5)21(19)3)40(38,39)35-16-14-34(15-17-35)30(37)33-27-12-6-24(7-13-27)18-32-29(36)25-8-10-26(31)11-9-25/h6-13H,14-18H2,1-5H3,(H,32,36)(H,33,37). The minimum Gasteiger partial charge on any atom is -0.348 e. The number of sulfonamides is 1. The molecular formula is C30H35BrN4O4S. The van der Waals surface area contributed by atoms with Crippen molar-refractivity contribution < 1.29 is 18.0 Å². The minimum absolute atomic E-state index is 0.163. The Morgan fingerprint density at radius 1 is 0.775 bits per heavy atom. The van der Waals surface area contributed by atoms with Gasteiger partial charge in [-0.1, -0.05) is 28.1 Å². The zero-order valence-electron chi connectivity index (χ0n) is 23.5. The van der Waals surface area contributed by atoms with Crippen molar-refractivity contribution in [1.82, 2.24) is 14.5 Å². The van der Waals surface area contributed by atoms with Gasteiger partial charge in [-0.25, -0.2) is 13.2 Å². The van der Waals surface area contributed by atoms with E-state index in [9.17, 15) is 18.0 Å². The SMILES string of the molecule is Cc1c(C)c(C)c(S(=O)(=O)N2CCN(C(=O)Nc3ccc(CNC(=O)c4ccc(Br)cc4)cc3)CC2)c(C)c1C. The van der Waals surface area contributed by atoms with Gasteiger partial charge >= 0.3 is 6.03 Å². The van der Waals surface area contributed by atoms with E-state index >= 15 is 0 Å². The number of halogens is 1. The van der Waals surface area contributed by atoms with Crippen molar-refractivity contribution in [1.29, 1.82) is 0 Å². The third-order valence-electron chi connectivity index (χ3n) is 7.82. The molecule has 1 fully saturated rings. The van der Waals surface area contributed by atoms with Gasteiger partial charge in [-0.2, -0.15) is 4.31 Å². The van der Waals surface area contributed by atoms with Gasteiger partial charge in [0.1, 0.15) is 0 Å². The van der Waals surface area contributed by atoms with Gasteiger partial charge in [0.05, 0.1) is 4.90 Å². The second kappa shape index (κ2) is 12.1. The molecule has 0 saturated carbocycles. The zero-order chi connectivity index (χ0) is 29.2. The van der Waals surface area contributed by atoms with Gasteiger partial charge in [-0.05, 0) is 104 Å². The molecule has 10 heteroatoms. The Morgan fingerprint density at radius 3 is 1.85 bits per heavy atom.